The van der Waals surface area contributed by atoms with E-state index >= 15 is 0 Å². The van der Waals surface area contributed by atoms with E-state index in [0.29, 0.717) is 5.92 Å². The largest absolute Gasteiger partial charge is 0.0955 e. The first-order valence-electron chi connectivity index (χ1n) is 8.29. The molecule has 2 aliphatic rings. The van der Waals surface area contributed by atoms with E-state index in [0.717, 1.165) is 11.5 Å². The van der Waals surface area contributed by atoms with Gasteiger partial charge in [-0.2, -0.15) is 0 Å². The Morgan fingerprint density at radius 3 is 2.82 bits per heavy atom. The molecule has 0 aliphatic heterocycles. The van der Waals surface area contributed by atoms with Crippen molar-refractivity contribution >= 4 is 5.57 Å². The monoisotopic (exact) mass is 286 g/mol. The molecule has 2 unspecified atom stereocenters. The maximum Gasteiger partial charge on any atom is 0.00556 e. The molecule has 22 heavy (non-hydrogen) atoms. The number of hydrogen-bond acceptors (Lipinski definition) is 0. The van der Waals surface area contributed by atoms with Crippen LogP contribution in [0.2, 0.25) is 0 Å². The minimum absolute atomic E-state index is 0.575. The van der Waals surface area contributed by atoms with Crippen LogP contribution in [0.15, 0.2) is 61.2 Å². The Balaban J connectivity index is 1.96. The predicted molar refractivity (Wildman–Crippen MR) is 94.9 cm³/mol. The van der Waals surface area contributed by atoms with Crippen LogP contribution in [0.5, 0.6) is 0 Å². The molecular formula is C22H22. The van der Waals surface area contributed by atoms with E-state index in [-0.39, 0.29) is 0 Å². The Labute approximate surface area is 133 Å². The highest BCUT2D eigenvalue weighted by molar-refractivity contribution is 5.77. The number of rotatable bonds is 1. The predicted octanol–water partition coefficient (Wildman–Crippen LogP) is 5.99. The molecule has 0 heteroatoms. The van der Waals surface area contributed by atoms with Crippen LogP contribution in [0.25, 0.3) is 16.7 Å². The number of hydrogen-bond donors (Lipinski definition) is 0. The van der Waals surface area contributed by atoms with Gasteiger partial charge in [-0.05, 0) is 66.0 Å². The Morgan fingerprint density at radius 1 is 1.09 bits per heavy atom. The molecular weight excluding hydrogens is 264 g/mol. The molecule has 2 aliphatic carbocycles. The van der Waals surface area contributed by atoms with Crippen molar-refractivity contribution in [1.29, 1.82) is 0 Å². The van der Waals surface area contributed by atoms with Gasteiger partial charge in [0.1, 0.15) is 0 Å². The molecule has 0 nitrogen and oxygen atoms in total. The minimum Gasteiger partial charge on any atom is -0.0955 e. The van der Waals surface area contributed by atoms with Gasteiger partial charge in [0.05, 0.1) is 0 Å². The van der Waals surface area contributed by atoms with Gasteiger partial charge in [0, 0.05) is 5.92 Å². The normalized spacial score (nSPS) is 22.2. The van der Waals surface area contributed by atoms with Crippen LogP contribution in [-0.4, -0.2) is 0 Å². The van der Waals surface area contributed by atoms with Gasteiger partial charge in [0.25, 0.3) is 0 Å². The second-order valence-electron chi connectivity index (χ2n) is 6.73. The van der Waals surface area contributed by atoms with Crippen molar-refractivity contribution < 1.29 is 0 Å². The zero-order valence-electron chi connectivity index (χ0n) is 13.2. The summed E-state index contributed by atoms with van der Waals surface area (Å²) in [7, 11) is 0. The maximum atomic E-state index is 4.11. The summed E-state index contributed by atoms with van der Waals surface area (Å²) in [4.78, 5) is 0. The molecule has 0 fully saturated rings. The first kappa shape index (κ1) is 13.6. The van der Waals surface area contributed by atoms with Gasteiger partial charge in [-0.25, -0.2) is 0 Å². The van der Waals surface area contributed by atoms with Crippen LogP contribution in [0.4, 0.5) is 0 Å². The second kappa shape index (κ2) is 5.28. The van der Waals surface area contributed by atoms with Gasteiger partial charge in [-0.15, -0.1) is 0 Å². The van der Waals surface area contributed by atoms with Crippen molar-refractivity contribution in [2.75, 3.05) is 0 Å². The van der Waals surface area contributed by atoms with Crippen molar-refractivity contribution in [1.82, 2.24) is 0 Å². The standard InChI is InChI=1S/C22H22/c1-15(2)16-11-12-18-13-17-7-3-4-8-19(17)20-9-5-6-10-21(20)22(18)14-16/h4-6,8-12,14,17,19H,1,3,7,13H2,2H3. The average Bonchev–Trinajstić information content (AvgIpc) is 2.69. The topological polar surface area (TPSA) is 0 Å². The molecule has 0 saturated carbocycles. The Kier molecular flexibility index (Phi) is 3.26. The van der Waals surface area contributed by atoms with Crippen LogP contribution in [0.1, 0.15) is 42.4 Å². The molecule has 0 radical (unpaired) electrons. The lowest BCUT2D eigenvalue weighted by atomic mass is 9.77. The van der Waals surface area contributed by atoms with Crippen molar-refractivity contribution in [3.63, 3.8) is 0 Å². The van der Waals surface area contributed by atoms with Crippen molar-refractivity contribution in [3.8, 4) is 11.1 Å². The fraction of sp³-hybridized carbons (Fsp3) is 0.273. The molecule has 0 heterocycles. The van der Waals surface area contributed by atoms with Crippen LogP contribution < -0.4 is 0 Å². The highest BCUT2D eigenvalue weighted by Gasteiger charge is 2.29. The molecule has 2 atom stereocenters. The highest BCUT2D eigenvalue weighted by Crippen LogP contribution is 2.45. The lowest BCUT2D eigenvalue weighted by molar-refractivity contribution is 0.430. The van der Waals surface area contributed by atoms with Gasteiger partial charge in [-0.1, -0.05) is 60.7 Å². The van der Waals surface area contributed by atoms with E-state index in [4.69, 9.17) is 0 Å². The fourth-order valence-corrected chi connectivity index (χ4v) is 4.06. The smallest absolute Gasteiger partial charge is 0.00556 e. The summed E-state index contributed by atoms with van der Waals surface area (Å²) in [6.07, 6.45) is 8.53. The van der Waals surface area contributed by atoms with Crippen LogP contribution in [-0.2, 0) is 6.42 Å². The van der Waals surface area contributed by atoms with E-state index in [1.807, 2.05) is 0 Å². The fourth-order valence-electron chi connectivity index (χ4n) is 4.06. The molecule has 0 N–H and O–H groups in total. The van der Waals surface area contributed by atoms with Crippen molar-refractivity contribution in [2.45, 2.75) is 32.1 Å². The first-order valence-corrected chi connectivity index (χ1v) is 8.29. The van der Waals surface area contributed by atoms with Crippen molar-refractivity contribution in [2.24, 2.45) is 5.92 Å². The molecule has 4 rings (SSSR count). The van der Waals surface area contributed by atoms with E-state index in [9.17, 15) is 0 Å². The summed E-state index contributed by atoms with van der Waals surface area (Å²) in [6, 6.07) is 15.9. The molecule has 0 saturated heterocycles. The number of allylic oxidation sites excluding steroid dienone is 3. The minimum atomic E-state index is 0.575. The summed E-state index contributed by atoms with van der Waals surface area (Å²) in [5.74, 6) is 1.31. The molecule has 0 bridgehead atoms. The highest BCUT2D eigenvalue weighted by atomic mass is 14.3. The third kappa shape index (κ3) is 2.14. The summed E-state index contributed by atoms with van der Waals surface area (Å²) < 4.78 is 0. The summed E-state index contributed by atoms with van der Waals surface area (Å²) >= 11 is 0. The zero-order valence-corrected chi connectivity index (χ0v) is 13.2. The number of fused-ring (bicyclic) bond motifs is 5. The molecule has 2 aromatic rings. The van der Waals surface area contributed by atoms with E-state index in [2.05, 4.69) is 68.1 Å². The Bertz CT molecular complexity index is 763. The summed E-state index contributed by atoms with van der Waals surface area (Å²) in [6.45, 7) is 6.20. The van der Waals surface area contributed by atoms with Crippen LogP contribution in [0, 0.1) is 5.92 Å². The van der Waals surface area contributed by atoms with Gasteiger partial charge < -0.3 is 0 Å². The Hall–Kier alpha value is -2.08. The SMILES string of the molecule is C=C(C)c1ccc2c(c1)-c1ccccc1C1C=CCCC1C2. The molecule has 110 valence electrons. The molecule has 0 amide bonds. The third-order valence-corrected chi connectivity index (χ3v) is 5.25. The second-order valence-corrected chi connectivity index (χ2v) is 6.73. The average molecular weight is 286 g/mol. The zero-order chi connectivity index (χ0) is 15.1. The lowest BCUT2D eigenvalue weighted by Crippen LogP contribution is -2.15. The lowest BCUT2D eigenvalue weighted by Gasteiger charge is -2.27. The third-order valence-electron chi connectivity index (χ3n) is 5.25. The maximum absolute atomic E-state index is 4.11. The van der Waals surface area contributed by atoms with Gasteiger partial charge in [0.2, 0.25) is 0 Å². The molecule has 0 spiro atoms. The number of benzene rings is 2. The quantitative estimate of drug-likeness (QED) is 0.565. The summed E-state index contributed by atoms with van der Waals surface area (Å²) in [5.41, 5.74) is 8.23. The van der Waals surface area contributed by atoms with E-state index in [1.54, 1.807) is 0 Å². The Morgan fingerprint density at radius 2 is 1.95 bits per heavy atom. The van der Waals surface area contributed by atoms with E-state index < -0.39 is 0 Å². The van der Waals surface area contributed by atoms with Gasteiger partial charge >= 0.3 is 0 Å². The van der Waals surface area contributed by atoms with Gasteiger partial charge in [0.15, 0.2) is 0 Å². The molecule has 0 aromatic heterocycles. The summed E-state index contributed by atoms with van der Waals surface area (Å²) in [5, 5.41) is 0. The van der Waals surface area contributed by atoms with Crippen molar-refractivity contribution in [3.05, 3.63) is 77.9 Å². The first-order chi connectivity index (χ1) is 10.7. The van der Waals surface area contributed by atoms with Crippen LogP contribution >= 0.6 is 0 Å². The van der Waals surface area contributed by atoms with Crippen LogP contribution in [0.3, 0.4) is 0 Å². The molecule has 2 aromatic carbocycles. The van der Waals surface area contributed by atoms with Gasteiger partial charge in [-0.3, -0.25) is 0 Å². The van der Waals surface area contributed by atoms with E-state index in [1.165, 1.54) is 47.1 Å².